The summed E-state index contributed by atoms with van der Waals surface area (Å²) in [6.07, 6.45) is 1.56. The fraction of sp³-hybridized carbons (Fsp3) is 0.300. The van der Waals surface area contributed by atoms with Gasteiger partial charge in [-0.25, -0.2) is 0 Å². The summed E-state index contributed by atoms with van der Waals surface area (Å²) in [5, 5.41) is 30.3. The van der Waals surface area contributed by atoms with Crippen molar-refractivity contribution in [2.75, 3.05) is 5.32 Å². The summed E-state index contributed by atoms with van der Waals surface area (Å²) in [5.41, 5.74) is 3.39. The number of pyridine rings is 1. The number of aromatic hydroxyl groups is 1. The number of aliphatic hydroxyl groups is 1. The van der Waals surface area contributed by atoms with Gasteiger partial charge < -0.3 is 15.5 Å². The van der Waals surface area contributed by atoms with Crippen molar-refractivity contribution >= 4 is 16.5 Å². The first-order chi connectivity index (χ1) is 8.22. The Balaban J connectivity index is 2.21. The molecule has 0 saturated carbocycles. The predicted molar refractivity (Wildman–Crippen MR) is 63.8 cm³/mol. The Morgan fingerprint density at radius 1 is 1.47 bits per heavy atom. The van der Waals surface area contributed by atoms with Crippen molar-refractivity contribution < 1.29 is 10.2 Å². The molecule has 2 aromatic rings. The van der Waals surface area contributed by atoms with Crippen molar-refractivity contribution in [3.8, 4) is 5.75 Å². The zero-order valence-corrected chi connectivity index (χ0v) is 10.0. The third kappa shape index (κ3) is 2.51. The molecule has 0 aliphatic heterocycles. The molecule has 0 unspecified atom stereocenters. The molecule has 0 spiro atoms. The van der Waals surface area contributed by atoms with E-state index in [1.54, 1.807) is 18.6 Å². The molecule has 0 aromatic carbocycles. The largest absolute Gasteiger partial charge is 0.506 e. The van der Waals surface area contributed by atoms with Crippen LogP contribution in [0, 0.1) is 6.92 Å². The van der Waals surface area contributed by atoms with Crippen LogP contribution in [0.25, 0.3) is 0 Å². The van der Waals surface area contributed by atoms with Gasteiger partial charge in [0.25, 0.3) is 0 Å². The van der Waals surface area contributed by atoms with Gasteiger partial charge in [-0.1, -0.05) is 11.3 Å². The van der Waals surface area contributed by atoms with E-state index in [1.807, 2.05) is 0 Å². The van der Waals surface area contributed by atoms with Gasteiger partial charge >= 0.3 is 0 Å². The number of nitrogens with one attached hydrogen (secondary N) is 1. The summed E-state index contributed by atoms with van der Waals surface area (Å²) in [7, 11) is 0. The Morgan fingerprint density at radius 3 is 2.94 bits per heavy atom. The van der Waals surface area contributed by atoms with Crippen LogP contribution in [0.5, 0.6) is 5.75 Å². The molecule has 7 heteroatoms. The standard InChI is InChI=1S/C10H12N4O2S/c1-6-9(16)8(7(4-15)2-11-6)3-12-10-14-13-5-17-10/h2,5,15-16H,3-4H2,1H3,(H,12,14). The van der Waals surface area contributed by atoms with E-state index in [1.165, 1.54) is 11.3 Å². The number of rotatable bonds is 4. The molecule has 0 aliphatic rings. The van der Waals surface area contributed by atoms with Crippen LogP contribution in [0.2, 0.25) is 0 Å². The minimum Gasteiger partial charge on any atom is -0.506 e. The third-order valence-electron chi connectivity index (χ3n) is 2.38. The van der Waals surface area contributed by atoms with E-state index in [9.17, 15) is 10.2 Å². The lowest BCUT2D eigenvalue weighted by atomic mass is 10.1. The molecule has 2 heterocycles. The summed E-state index contributed by atoms with van der Waals surface area (Å²) in [5.74, 6) is 0.105. The SMILES string of the molecule is Cc1ncc(CO)c(CNc2nncs2)c1O. The Bertz CT molecular complexity index is 501. The average molecular weight is 252 g/mol. The highest BCUT2D eigenvalue weighted by molar-refractivity contribution is 7.13. The molecule has 0 radical (unpaired) electrons. The van der Waals surface area contributed by atoms with Crippen LogP contribution in [0.4, 0.5) is 5.13 Å². The third-order valence-corrected chi connectivity index (χ3v) is 3.03. The van der Waals surface area contributed by atoms with Gasteiger partial charge in [-0.15, -0.1) is 10.2 Å². The molecule has 0 fully saturated rings. The lowest BCUT2D eigenvalue weighted by molar-refractivity contribution is 0.279. The maximum Gasteiger partial charge on any atom is 0.205 e. The quantitative estimate of drug-likeness (QED) is 0.753. The molecule has 0 amide bonds. The van der Waals surface area contributed by atoms with E-state index in [4.69, 9.17) is 0 Å². The summed E-state index contributed by atoms with van der Waals surface area (Å²) in [6.45, 7) is 1.93. The number of anilines is 1. The smallest absolute Gasteiger partial charge is 0.205 e. The first-order valence-corrected chi connectivity index (χ1v) is 5.87. The topological polar surface area (TPSA) is 91.2 Å². The summed E-state index contributed by atoms with van der Waals surface area (Å²) in [6, 6.07) is 0. The summed E-state index contributed by atoms with van der Waals surface area (Å²) < 4.78 is 0. The fourth-order valence-corrected chi connectivity index (χ4v) is 1.88. The van der Waals surface area contributed by atoms with Crippen LogP contribution in [0.3, 0.4) is 0 Å². The normalized spacial score (nSPS) is 10.5. The Hall–Kier alpha value is -1.73. The molecule has 6 nitrogen and oxygen atoms in total. The van der Waals surface area contributed by atoms with Crippen molar-refractivity contribution in [1.29, 1.82) is 0 Å². The molecule has 2 rings (SSSR count). The van der Waals surface area contributed by atoms with Gasteiger partial charge in [0.1, 0.15) is 11.3 Å². The molecule has 90 valence electrons. The highest BCUT2D eigenvalue weighted by atomic mass is 32.1. The van der Waals surface area contributed by atoms with E-state index in [2.05, 4.69) is 20.5 Å². The van der Waals surface area contributed by atoms with Gasteiger partial charge in [-0.2, -0.15) is 0 Å². The molecule has 17 heavy (non-hydrogen) atoms. The molecule has 0 aliphatic carbocycles. The second kappa shape index (κ2) is 5.07. The van der Waals surface area contributed by atoms with E-state index in [-0.39, 0.29) is 12.4 Å². The van der Waals surface area contributed by atoms with Gasteiger partial charge in [-0.3, -0.25) is 4.98 Å². The van der Waals surface area contributed by atoms with Gasteiger partial charge in [0.2, 0.25) is 5.13 Å². The Morgan fingerprint density at radius 2 is 2.29 bits per heavy atom. The Labute approximate surface area is 102 Å². The lowest BCUT2D eigenvalue weighted by Crippen LogP contribution is -2.05. The zero-order valence-electron chi connectivity index (χ0n) is 9.21. The maximum atomic E-state index is 9.89. The predicted octanol–water partition coefficient (Wildman–Crippen LogP) is 1.05. The van der Waals surface area contributed by atoms with E-state index >= 15 is 0 Å². The Kier molecular flexibility index (Phi) is 3.50. The minimum absolute atomic E-state index is 0.105. The molecular formula is C10H12N4O2S. The van der Waals surface area contributed by atoms with E-state index in [0.29, 0.717) is 28.5 Å². The minimum atomic E-state index is -0.159. The van der Waals surface area contributed by atoms with Crippen LogP contribution >= 0.6 is 11.3 Å². The van der Waals surface area contributed by atoms with Gasteiger partial charge in [0.15, 0.2) is 0 Å². The van der Waals surface area contributed by atoms with Crippen molar-refractivity contribution in [3.05, 3.63) is 28.5 Å². The zero-order chi connectivity index (χ0) is 12.3. The number of aliphatic hydroxyl groups excluding tert-OH is 1. The maximum absolute atomic E-state index is 9.89. The van der Waals surface area contributed by atoms with Gasteiger partial charge in [0.05, 0.1) is 12.3 Å². The number of hydrogen-bond acceptors (Lipinski definition) is 7. The van der Waals surface area contributed by atoms with Crippen molar-refractivity contribution in [3.63, 3.8) is 0 Å². The number of hydrogen-bond donors (Lipinski definition) is 3. The monoisotopic (exact) mass is 252 g/mol. The number of aromatic nitrogens is 3. The van der Waals surface area contributed by atoms with Gasteiger partial charge in [-0.05, 0) is 6.92 Å². The first-order valence-electron chi connectivity index (χ1n) is 4.99. The van der Waals surface area contributed by atoms with Crippen LogP contribution in [-0.2, 0) is 13.2 Å². The molecule has 0 saturated heterocycles. The van der Waals surface area contributed by atoms with Crippen LogP contribution in [-0.4, -0.2) is 25.4 Å². The van der Waals surface area contributed by atoms with Gasteiger partial charge in [0, 0.05) is 23.9 Å². The second-order valence-electron chi connectivity index (χ2n) is 3.45. The summed E-state index contributed by atoms with van der Waals surface area (Å²) >= 11 is 1.37. The lowest BCUT2D eigenvalue weighted by Gasteiger charge is -2.11. The van der Waals surface area contributed by atoms with Crippen LogP contribution in [0.1, 0.15) is 16.8 Å². The second-order valence-corrected chi connectivity index (χ2v) is 4.28. The van der Waals surface area contributed by atoms with Crippen molar-refractivity contribution in [2.24, 2.45) is 0 Å². The van der Waals surface area contributed by atoms with E-state index < -0.39 is 0 Å². The summed E-state index contributed by atoms with van der Waals surface area (Å²) in [4.78, 5) is 3.99. The molecule has 2 aromatic heterocycles. The number of nitrogens with zero attached hydrogens (tertiary/aromatic N) is 3. The molecular weight excluding hydrogens is 240 g/mol. The molecule has 3 N–H and O–H groups in total. The van der Waals surface area contributed by atoms with Crippen molar-refractivity contribution in [1.82, 2.24) is 15.2 Å². The van der Waals surface area contributed by atoms with Crippen LogP contribution in [0.15, 0.2) is 11.7 Å². The first kappa shape index (κ1) is 11.7. The number of aryl methyl sites for hydroxylation is 1. The van der Waals surface area contributed by atoms with E-state index in [0.717, 1.165) is 0 Å². The van der Waals surface area contributed by atoms with Crippen LogP contribution < -0.4 is 5.32 Å². The molecule has 0 bridgehead atoms. The highest BCUT2D eigenvalue weighted by Gasteiger charge is 2.11. The average Bonchev–Trinajstić information content (AvgIpc) is 2.84. The van der Waals surface area contributed by atoms with Crippen molar-refractivity contribution in [2.45, 2.75) is 20.1 Å². The molecule has 0 atom stereocenters. The fourth-order valence-electron chi connectivity index (χ4n) is 1.43. The highest BCUT2D eigenvalue weighted by Crippen LogP contribution is 2.25.